The Hall–Kier alpha value is -0.460. The third kappa shape index (κ3) is 29.9. The minimum absolute atomic E-state index is 0.0780. The van der Waals surface area contributed by atoms with Crippen LogP contribution < -0.4 is 0 Å². The van der Waals surface area contributed by atoms with E-state index in [0.29, 0.717) is 13.0 Å². The molecule has 7 nitrogen and oxygen atoms in total. The average Bonchev–Trinajstić information content (AvgIpc) is 2.85. The molecule has 0 spiro atoms. The maximum Gasteiger partial charge on any atom is 0.469 e. The van der Waals surface area contributed by atoms with Crippen molar-refractivity contribution in [2.45, 2.75) is 161 Å². The van der Waals surface area contributed by atoms with Crippen LogP contribution in [0.1, 0.15) is 155 Å². The lowest BCUT2D eigenvalue weighted by Crippen LogP contribution is -2.28. The van der Waals surface area contributed by atoms with E-state index in [0.717, 1.165) is 12.8 Å². The molecular formula is C29H59O7P. The van der Waals surface area contributed by atoms with E-state index in [-0.39, 0.29) is 19.6 Å². The summed E-state index contributed by atoms with van der Waals surface area (Å²) >= 11 is 0. The highest BCUT2D eigenvalue weighted by atomic mass is 31.2. The van der Waals surface area contributed by atoms with Crippen LogP contribution >= 0.6 is 7.82 Å². The van der Waals surface area contributed by atoms with Gasteiger partial charge in [0, 0.05) is 13.0 Å². The van der Waals surface area contributed by atoms with Crippen LogP contribution in [0.5, 0.6) is 0 Å². The summed E-state index contributed by atoms with van der Waals surface area (Å²) in [5.41, 5.74) is 0. The fraction of sp³-hybridized carbons (Fsp3) is 0.966. The largest absolute Gasteiger partial charge is 0.469 e. The molecule has 2 N–H and O–H groups in total. The minimum Gasteiger partial charge on any atom is -0.457 e. The lowest BCUT2D eigenvalue weighted by molar-refractivity contribution is -0.154. The molecule has 0 bridgehead atoms. The SMILES string of the molecule is CCCCCCCCCCCCCCCCCCCCCCOC[C@H](COP(=O)(O)O)OC(=O)CCC. The molecule has 0 rings (SSSR count). The van der Waals surface area contributed by atoms with Crippen molar-refractivity contribution in [1.29, 1.82) is 0 Å². The fourth-order valence-electron chi connectivity index (χ4n) is 4.42. The third-order valence-electron chi connectivity index (χ3n) is 6.63. The van der Waals surface area contributed by atoms with Crippen LogP contribution in [0.3, 0.4) is 0 Å². The van der Waals surface area contributed by atoms with Crippen molar-refractivity contribution >= 4 is 13.8 Å². The van der Waals surface area contributed by atoms with Gasteiger partial charge in [-0.15, -0.1) is 0 Å². The van der Waals surface area contributed by atoms with Gasteiger partial charge in [-0.25, -0.2) is 4.57 Å². The second-order valence-corrected chi connectivity index (χ2v) is 11.7. The Labute approximate surface area is 228 Å². The number of phosphoric acid groups is 1. The van der Waals surface area contributed by atoms with E-state index in [2.05, 4.69) is 11.4 Å². The first-order chi connectivity index (χ1) is 17.9. The fourth-order valence-corrected chi connectivity index (χ4v) is 4.78. The van der Waals surface area contributed by atoms with Crippen molar-refractivity contribution in [3.05, 3.63) is 0 Å². The summed E-state index contributed by atoms with van der Waals surface area (Å²) in [6.07, 6.45) is 26.9. The first-order valence-corrected chi connectivity index (χ1v) is 16.9. The van der Waals surface area contributed by atoms with Gasteiger partial charge in [0.05, 0.1) is 13.2 Å². The van der Waals surface area contributed by atoms with Gasteiger partial charge in [0.15, 0.2) is 0 Å². The van der Waals surface area contributed by atoms with Crippen LogP contribution in [0.25, 0.3) is 0 Å². The van der Waals surface area contributed by atoms with Gasteiger partial charge in [-0.2, -0.15) is 0 Å². The van der Waals surface area contributed by atoms with E-state index in [1.165, 1.54) is 116 Å². The molecular weight excluding hydrogens is 491 g/mol. The van der Waals surface area contributed by atoms with Crippen molar-refractivity contribution in [3.63, 3.8) is 0 Å². The maximum absolute atomic E-state index is 11.7. The monoisotopic (exact) mass is 550 g/mol. The quantitative estimate of drug-likeness (QED) is 0.0546. The number of rotatable bonds is 29. The van der Waals surface area contributed by atoms with Crippen LogP contribution in [0, 0.1) is 0 Å². The maximum atomic E-state index is 11.7. The summed E-state index contributed by atoms with van der Waals surface area (Å²) in [5.74, 6) is -0.413. The standard InChI is InChI=1S/C29H59O7P/c1-3-5-6-7-8-9-10-11-12-13-14-15-16-17-18-19-20-21-22-23-25-34-26-28(27-35-37(31,32)33)36-29(30)24-4-2/h28H,3-27H2,1-2H3,(H2,31,32,33)/t28-/m1/s1. The Morgan fingerprint density at radius 1 is 0.622 bits per heavy atom. The Kier molecular flexibility index (Phi) is 26.8. The zero-order valence-electron chi connectivity index (χ0n) is 24.1. The molecule has 1 atom stereocenters. The predicted octanol–water partition coefficient (Wildman–Crippen LogP) is 8.65. The zero-order chi connectivity index (χ0) is 27.5. The van der Waals surface area contributed by atoms with Gasteiger partial charge in [0.1, 0.15) is 6.10 Å². The second kappa shape index (κ2) is 27.1. The molecule has 0 unspecified atom stereocenters. The predicted molar refractivity (Wildman–Crippen MR) is 152 cm³/mol. The Balaban J connectivity index is 3.45. The molecule has 0 aliphatic rings. The molecule has 222 valence electrons. The van der Waals surface area contributed by atoms with Gasteiger partial charge in [-0.1, -0.05) is 136 Å². The molecule has 0 radical (unpaired) electrons. The molecule has 0 saturated heterocycles. The number of carbonyl (C=O) groups is 1. The molecule has 37 heavy (non-hydrogen) atoms. The van der Waals surface area contributed by atoms with E-state index in [1.54, 1.807) is 0 Å². The number of hydrogen-bond donors (Lipinski definition) is 2. The third-order valence-corrected chi connectivity index (χ3v) is 7.11. The molecule has 0 aliphatic carbocycles. The van der Waals surface area contributed by atoms with Gasteiger partial charge < -0.3 is 19.3 Å². The van der Waals surface area contributed by atoms with E-state index in [4.69, 9.17) is 19.3 Å². The molecule has 0 saturated carbocycles. The number of phosphoric ester groups is 1. The van der Waals surface area contributed by atoms with Gasteiger partial charge >= 0.3 is 13.8 Å². The van der Waals surface area contributed by atoms with E-state index in [9.17, 15) is 9.36 Å². The van der Waals surface area contributed by atoms with Gasteiger partial charge in [0.2, 0.25) is 0 Å². The molecule has 0 aromatic heterocycles. The number of unbranched alkanes of at least 4 members (excludes halogenated alkanes) is 19. The van der Waals surface area contributed by atoms with Gasteiger partial charge in [-0.05, 0) is 12.8 Å². The van der Waals surface area contributed by atoms with Crippen molar-refractivity contribution in [2.75, 3.05) is 19.8 Å². The summed E-state index contributed by atoms with van der Waals surface area (Å²) in [6, 6.07) is 0. The average molecular weight is 551 g/mol. The van der Waals surface area contributed by atoms with Crippen molar-refractivity contribution < 1.29 is 33.1 Å². The molecule has 0 fully saturated rings. The molecule has 0 amide bonds. The van der Waals surface area contributed by atoms with Crippen LogP contribution in [0.4, 0.5) is 0 Å². The summed E-state index contributed by atoms with van der Waals surface area (Å²) in [7, 11) is -4.61. The lowest BCUT2D eigenvalue weighted by Gasteiger charge is -2.18. The first-order valence-electron chi connectivity index (χ1n) is 15.4. The van der Waals surface area contributed by atoms with Gasteiger partial charge in [0.25, 0.3) is 0 Å². The molecule has 8 heteroatoms. The van der Waals surface area contributed by atoms with Crippen LogP contribution in [-0.2, 0) is 23.4 Å². The normalized spacial score (nSPS) is 12.6. The number of hydrogen-bond acceptors (Lipinski definition) is 5. The van der Waals surface area contributed by atoms with E-state index in [1.807, 2.05) is 6.92 Å². The molecule has 0 heterocycles. The topological polar surface area (TPSA) is 102 Å². The minimum atomic E-state index is -4.61. The van der Waals surface area contributed by atoms with E-state index < -0.39 is 19.9 Å². The highest BCUT2D eigenvalue weighted by Crippen LogP contribution is 2.35. The molecule has 0 aromatic carbocycles. The van der Waals surface area contributed by atoms with Crippen LogP contribution in [-0.4, -0.2) is 41.7 Å². The number of ether oxygens (including phenoxy) is 2. The van der Waals surface area contributed by atoms with Crippen molar-refractivity contribution in [2.24, 2.45) is 0 Å². The highest BCUT2D eigenvalue weighted by Gasteiger charge is 2.21. The summed E-state index contributed by atoms with van der Waals surface area (Å²) < 4.78 is 26.2. The van der Waals surface area contributed by atoms with Crippen molar-refractivity contribution in [3.8, 4) is 0 Å². The Morgan fingerprint density at radius 2 is 1.03 bits per heavy atom. The van der Waals surface area contributed by atoms with Crippen LogP contribution in [0.15, 0.2) is 0 Å². The van der Waals surface area contributed by atoms with Gasteiger partial charge in [-0.3, -0.25) is 9.32 Å². The highest BCUT2D eigenvalue weighted by molar-refractivity contribution is 7.46. The lowest BCUT2D eigenvalue weighted by atomic mass is 10.0. The Bertz CT molecular complexity index is 538. The number of esters is 1. The smallest absolute Gasteiger partial charge is 0.457 e. The van der Waals surface area contributed by atoms with Crippen LogP contribution in [0.2, 0.25) is 0 Å². The molecule has 0 aromatic rings. The summed E-state index contributed by atoms with van der Waals surface area (Å²) in [4.78, 5) is 29.4. The van der Waals surface area contributed by atoms with Crippen molar-refractivity contribution in [1.82, 2.24) is 0 Å². The van der Waals surface area contributed by atoms with E-state index >= 15 is 0 Å². The summed E-state index contributed by atoms with van der Waals surface area (Å²) in [5, 5.41) is 0. The number of carbonyl (C=O) groups excluding carboxylic acids is 1. The molecule has 0 aliphatic heterocycles. The first kappa shape index (κ1) is 36.5. The summed E-state index contributed by atoms with van der Waals surface area (Å²) in [6.45, 7) is 4.38. The second-order valence-electron chi connectivity index (χ2n) is 10.4. The Morgan fingerprint density at radius 3 is 1.41 bits per heavy atom. The zero-order valence-corrected chi connectivity index (χ0v) is 25.0.